The Morgan fingerprint density at radius 2 is 1.82 bits per heavy atom. The molecule has 0 radical (unpaired) electrons. The van der Waals surface area contributed by atoms with Gasteiger partial charge in [-0.3, -0.25) is 0 Å². The van der Waals surface area contributed by atoms with Gasteiger partial charge in [-0.05, 0) is 24.7 Å². The molecule has 0 N–H and O–H groups in total. The van der Waals surface area contributed by atoms with E-state index in [4.69, 9.17) is 0 Å². The summed E-state index contributed by atoms with van der Waals surface area (Å²) in [6.07, 6.45) is 2.23. The van der Waals surface area contributed by atoms with Gasteiger partial charge in [0.25, 0.3) is 0 Å². The highest BCUT2D eigenvalue weighted by atomic mass is 79.9. The van der Waals surface area contributed by atoms with Crippen LogP contribution in [0.25, 0.3) is 0 Å². The highest BCUT2D eigenvalue weighted by Gasteiger charge is 2.18. The fourth-order valence-corrected chi connectivity index (χ4v) is 2.83. The molecule has 0 saturated carbocycles. The van der Waals surface area contributed by atoms with E-state index < -0.39 is 0 Å². The molecule has 1 atom stereocenters. The number of rotatable bonds is 5. The molecule has 0 aliphatic rings. The van der Waals surface area contributed by atoms with Crippen LogP contribution >= 0.6 is 15.9 Å². The lowest BCUT2D eigenvalue weighted by molar-refractivity contribution is 0.302. The number of aromatic nitrogens is 3. The SMILES string of the molecule is CCn1c(CBr)nnc1CC(C)CC(C)(C)C. The van der Waals surface area contributed by atoms with Crippen LogP contribution < -0.4 is 0 Å². The molecule has 1 rings (SSSR count). The van der Waals surface area contributed by atoms with E-state index >= 15 is 0 Å². The summed E-state index contributed by atoms with van der Waals surface area (Å²) in [7, 11) is 0. The van der Waals surface area contributed by atoms with Crippen LogP contribution in [0.3, 0.4) is 0 Å². The lowest BCUT2D eigenvalue weighted by Gasteiger charge is -2.23. The highest BCUT2D eigenvalue weighted by molar-refractivity contribution is 9.08. The molecule has 0 spiro atoms. The van der Waals surface area contributed by atoms with Crippen LogP contribution in [-0.2, 0) is 18.3 Å². The Labute approximate surface area is 113 Å². The van der Waals surface area contributed by atoms with Crippen molar-refractivity contribution < 1.29 is 0 Å². The standard InChI is InChI=1S/C13H24BrN3/c1-6-17-11(15-16-12(17)9-14)7-10(2)8-13(3,4)5/h10H,6-9H2,1-5H3. The van der Waals surface area contributed by atoms with Crippen LogP contribution in [-0.4, -0.2) is 14.8 Å². The Bertz CT molecular complexity index is 352. The Morgan fingerprint density at radius 3 is 2.29 bits per heavy atom. The molecule has 0 amide bonds. The summed E-state index contributed by atoms with van der Waals surface area (Å²) in [6, 6.07) is 0. The van der Waals surface area contributed by atoms with Gasteiger partial charge < -0.3 is 4.57 Å². The molecule has 1 heterocycles. The van der Waals surface area contributed by atoms with Crippen molar-refractivity contribution in [3.63, 3.8) is 0 Å². The first-order valence-corrected chi connectivity index (χ1v) is 7.46. The normalized spacial score (nSPS) is 14.0. The molecule has 0 aromatic carbocycles. The second-order valence-corrected chi connectivity index (χ2v) is 6.55. The van der Waals surface area contributed by atoms with Crippen molar-refractivity contribution in [2.45, 2.75) is 59.3 Å². The summed E-state index contributed by atoms with van der Waals surface area (Å²) in [5, 5.41) is 9.31. The maximum atomic E-state index is 4.31. The second-order valence-electron chi connectivity index (χ2n) is 5.98. The van der Waals surface area contributed by atoms with E-state index in [1.165, 1.54) is 6.42 Å². The van der Waals surface area contributed by atoms with Gasteiger partial charge in [0.15, 0.2) is 0 Å². The molecule has 0 fully saturated rings. The van der Waals surface area contributed by atoms with Crippen LogP contribution in [0.15, 0.2) is 0 Å². The smallest absolute Gasteiger partial charge is 0.143 e. The third-order valence-corrected chi connectivity index (χ3v) is 3.33. The van der Waals surface area contributed by atoms with Gasteiger partial charge in [-0.15, -0.1) is 10.2 Å². The molecule has 1 unspecified atom stereocenters. The van der Waals surface area contributed by atoms with Crippen molar-refractivity contribution in [3.8, 4) is 0 Å². The molecule has 0 bridgehead atoms. The van der Waals surface area contributed by atoms with Crippen molar-refractivity contribution in [2.75, 3.05) is 0 Å². The summed E-state index contributed by atoms with van der Waals surface area (Å²) in [4.78, 5) is 0. The van der Waals surface area contributed by atoms with Crippen molar-refractivity contribution in [1.29, 1.82) is 0 Å². The number of hydrogen-bond donors (Lipinski definition) is 0. The molecule has 1 aromatic rings. The topological polar surface area (TPSA) is 30.7 Å². The van der Waals surface area contributed by atoms with Gasteiger partial charge in [0.2, 0.25) is 0 Å². The maximum Gasteiger partial charge on any atom is 0.143 e. The first kappa shape index (κ1) is 14.7. The summed E-state index contributed by atoms with van der Waals surface area (Å²) < 4.78 is 2.22. The Balaban J connectivity index is 2.71. The molecule has 98 valence electrons. The van der Waals surface area contributed by atoms with E-state index in [9.17, 15) is 0 Å². The summed E-state index contributed by atoms with van der Waals surface area (Å²) >= 11 is 3.45. The Hall–Kier alpha value is -0.380. The lowest BCUT2D eigenvalue weighted by atomic mass is 9.84. The summed E-state index contributed by atoms with van der Waals surface area (Å²) in [5.74, 6) is 2.80. The van der Waals surface area contributed by atoms with E-state index in [0.717, 1.165) is 29.9 Å². The number of nitrogens with zero attached hydrogens (tertiary/aromatic N) is 3. The maximum absolute atomic E-state index is 4.31. The van der Waals surface area contributed by atoms with E-state index in [1.54, 1.807) is 0 Å². The molecule has 0 saturated heterocycles. The minimum absolute atomic E-state index is 0.384. The van der Waals surface area contributed by atoms with Gasteiger partial charge >= 0.3 is 0 Å². The number of halogens is 1. The van der Waals surface area contributed by atoms with Crippen molar-refractivity contribution in [1.82, 2.24) is 14.8 Å². The van der Waals surface area contributed by atoms with Crippen LogP contribution in [0.1, 0.15) is 52.7 Å². The van der Waals surface area contributed by atoms with Gasteiger partial charge in [0.05, 0.1) is 5.33 Å². The largest absolute Gasteiger partial charge is 0.315 e. The van der Waals surface area contributed by atoms with Crippen molar-refractivity contribution in [3.05, 3.63) is 11.6 Å². The van der Waals surface area contributed by atoms with E-state index in [0.29, 0.717) is 11.3 Å². The summed E-state index contributed by atoms with van der Waals surface area (Å²) in [6.45, 7) is 12.3. The predicted molar refractivity (Wildman–Crippen MR) is 75.3 cm³/mol. The van der Waals surface area contributed by atoms with Crippen LogP contribution in [0.5, 0.6) is 0 Å². The zero-order chi connectivity index (χ0) is 13.1. The fourth-order valence-electron chi connectivity index (χ4n) is 2.42. The summed E-state index contributed by atoms with van der Waals surface area (Å²) in [5.41, 5.74) is 0.384. The number of hydrogen-bond acceptors (Lipinski definition) is 2. The van der Waals surface area contributed by atoms with Gasteiger partial charge in [0, 0.05) is 13.0 Å². The zero-order valence-electron chi connectivity index (χ0n) is 11.6. The van der Waals surface area contributed by atoms with Crippen molar-refractivity contribution in [2.24, 2.45) is 11.3 Å². The van der Waals surface area contributed by atoms with Gasteiger partial charge in [0.1, 0.15) is 11.6 Å². The van der Waals surface area contributed by atoms with Crippen LogP contribution in [0.2, 0.25) is 0 Å². The van der Waals surface area contributed by atoms with Crippen LogP contribution in [0.4, 0.5) is 0 Å². The number of alkyl halides is 1. The Morgan fingerprint density at radius 1 is 1.24 bits per heavy atom. The Kier molecular flexibility index (Phi) is 5.17. The van der Waals surface area contributed by atoms with Crippen molar-refractivity contribution >= 4 is 15.9 Å². The molecular formula is C13H24BrN3. The zero-order valence-corrected chi connectivity index (χ0v) is 13.2. The van der Waals surface area contributed by atoms with E-state index in [1.807, 2.05) is 0 Å². The second kappa shape index (κ2) is 5.98. The average molecular weight is 302 g/mol. The third-order valence-electron chi connectivity index (χ3n) is 2.83. The molecule has 1 aromatic heterocycles. The predicted octanol–water partition coefficient (Wildman–Crippen LogP) is 3.81. The molecule has 0 aliphatic heterocycles. The average Bonchev–Trinajstić information content (AvgIpc) is 2.56. The minimum Gasteiger partial charge on any atom is -0.315 e. The van der Waals surface area contributed by atoms with Gasteiger partial charge in [-0.25, -0.2) is 0 Å². The first-order chi connectivity index (χ1) is 7.87. The third kappa shape index (κ3) is 4.41. The molecule has 0 aliphatic carbocycles. The van der Waals surface area contributed by atoms with Gasteiger partial charge in [-0.1, -0.05) is 43.6 Å². The molecule has 4 heteroatoms. The molecular weight excluding hydrogens is 278 g/mol. The lowest BCUT2D eigenvalue weighted by Crippen LogP contribution is -2.15. The minimum atomic E-state index is 0.384. The van der Waals surface area contributed by atoms with Gasteiger partial charge in [-0.2, -0.15) is 0 Å². The van der Waals surface area contributed by atoms with E-state index in [-0.39, 0.29) is 0 Å². The molecule has 17 heavy (non-hydrogen) atoms. The highest BCUT2D eigenvalue weighted by Crippen LogP contribution is 2.26. The fraction of sp³-hybridized carbons (Fsp3) is 0.846. The molecule has 3 nitrogen and oxygen atoms in total. The quantitative estimate of drug-likeness (QED) is 0.774. The van der Waals surface area contributed by atoms with E-state index in [2.05, 4.69) is 65.3 Å². The first-order valence-electron chi connectivity index (χ1n) is 6.34. The van der Waals surface area contributed by atoms with Crippen LogP contribution in [0, 0.1) is 11.3 Å². The monoisotopic (exact) mass is 301 g/mol.